The van der Waals surface area contributed by atoms with Gasteiger partial charge in [-0.25, -0.2) is 0 Å². The zero-order chi connectivity index (χ0) is 9.97. The maximum absolute atomic E-state index is 5.76. The molecule has 2 aromatic rings. The van der Waals surface area contributed by atoms with Gasteiger partial charge in [0.2, 0.25) is 0 Å². The second-order valence-electron chi connectivity index (χ2n) is 3.29. The second kappa shape index (κ2) is 4.03. The smallest absolute Gasteiger partial charge is 0.0187 e. The standard InChI is InChI=1S/C12H13NS/c13-7-12-10(8-14)6-5-9-3-1-2-4-11(9)12/h1-6,14H,7-8,13H2. The van der Waals surface area contributed by atoms with Crippen molar-refractivity contribution in [1.82, 2.24) is 0 Å². The summed E-state index contributed by atoms with van der Waals surface area (Å²) in [4.78, 5) is 0. The summed E-state index contributed by atoms with van der Waals surface area (Å²) in [7, 11) is 0. The van der Waals surface area contributed by atoms with Crippen molar-refractivity contribution in [2.45, 2.75) is 12.3 Å². The first-order chi connectivity index (χ1) is 6.86. The van der Waals surface area contributed by atoms with Crippen molar-refractivity contribution in [2.75, 3.05) is 0 Å². The molecule has 2 heteroatoms. The molecule has 1 nitrogen and oxygen atoms in total. The molecule has 0 fully saturated rings. The van der Waals surface area contributed by atoms with Crippen molar-refractivity contribution >= 4 is 23.4 Å². The van der Waals surface area contributed by atoms with Gasteiger partial charge in [-0.1, -0.05) is 36.4 Å². The van der Waals surface area contributed by atoms with E-state index in [1.54, 1.807) is 0 Å². The monoisotopic (exact) mass is 203 g/mol. The Morgan fingerprint density at radius 3 is 2.57 bits per heavy atom. The number of thiol groups is 1. The summed E-state index contributed by atoms with van der Waals surface area (Å²) >= 11 is 4.30. The molecule has 2 N–H and O–H groups in total. The van der Waals surface area contributed by atoms with Gasteiger partial charge in [0.1, 0.15) is 0 Å². The average Bonchev–Trinajstić information content (AvgIpc) is 2.27. The van der Waals surface area contributed by atoms with E-state index < -0.39 is 0 Å². The molecule has 0 bridgehead atoms. The number of rotatable bonds is 2. The molecule has 0 unspecified atom stereocenters. The van der Waals surface area contributed by atoms with Crippen LogP contribution in [0, 0.1) is 0 Å². The van der Waals surface area contributed by atoms with Crippen molar-refractivity contribution in [2.24, 2.45) is 5.73 Å². The Balaban J connectivity index is 2.77. The molecule has 14 heavy (non-hydrogen) atoms. The highest BCUT2D eigenvalue weighted by molar-refractivity contribution is 7.79. The number of hydrogen-bond acceptors (Lipinski definition) is 2. The van der Waals surface area contributed by atoms with Gasteiger partial charge in [-0.3, -0.25) is 0 Å². The van der Waals surface area contributed by atoms with Crippen LogP contribution in [0.15, 0.2) is 36.4 Å². The summed E-state index contributed by atoms with van der Waals surface area (Å²) in [6.07, 6.45) is 0. The third-order valence-electron chi connectivity index (χ3n) is 2.51. The third-order valence-corrected chi connectivity index (χ3v) is 2.85. The molecule has 0 aliphatic heterocycles. The molecule has 0 aliphatic rings. The van der Waals surface area contributed by atoms with E-state index in [2.05, 4.69) is 36.9 Å². The minimum absolute atomic E-state index is 0.581. The molecule has 0 atom stereocenters. The highest BCUT2D eigenvalue weighted by atomic mass is 32.1. The van der Waals surface area contributed by atoms with Crippen LogP contribution < -0.4 is 5.73 Å². The first-order valence-electron chi connectivity index (χ1n) is 4.67. The second-order valence-corrected chi connectivity index (χ2v) is 3.60. The molecule has 0 aliphatic carbocycles. The van der Waals surface area contributed by atoms with Gasteiger partial charge in [0, 0.05) is 12.3 Å². The van der Waals surface area contributed by atoms with Crippen LogP contribution >= 0.6 is 12.6 Å². The fourth-order valence-corrected chi connectivity index (χ4v) is 2.07. The Morgan fingerprint density at radius 2 is 1.86 bits per heavy atom. The third kappa shape index (κ3) is 1.51. The Hall–Kier alpha value is -0.990. The highest BCUT2D eigenvalue weighted by Crippen LogP contribution is 2.23. The Morgan fingerprint density at radius 1 is 1.07 bits per heavy atom. The van der Waals surface area contributed by atoms with Crippen LogP contribution in [0.25, 0.3) is 10.8 Å². The number of benzene rings is 2. The van der Waals surface area contributed by atoms with E-state index >= 15 is 0 Å². The van der Waals surface area contributed by atoms with Crippen LogP contribution in [0.5, 0.6) is 0 Å². The fraction of sp³-hybridized carbons (Fsp3) is 0.167. The van der Waals surface area contributed by atoms with Crippen LogP contribution in [0.4, 0.5) is 0 Å². The minimum Gasteiger partial charge on any atom is -0.326 e. The van der Waals surface area contributed by atoms with Gasteiger partial charge in [-0.05, 0) is 21.9 Å². The summed E-state index contributed by atoms with van der Waals surface area (Å²) < 4.78 is 0. The minimum atomic E-state index is 0.581. The van der Waals surface area contributed by atoms with Crippen LogP contribution in [0.2, 0.25) is 0 Å². The molecular weight excluding hydrogens is 190 g/mol. The maximum atomic E-state index is 5.76. The van der Waals surface area contributed by atoms with E-state index in [9.17, 15) is 0 Å². The quantitative estimate of drug-likeness (QED) is 0.721. The molecule has 2 aromatic carbocycles. The van der Waals surface area contributed by atoms with Crippen LogP contribution in [0.3, 0.4) is 0 Å². The summed E-state index contributed by atoms with van der Waals surface area (Å²) in [6.45, 7) is 0.581. The van der Waals surface area contributed by atoms with E-state index in [0.717, 1.165) is 5.75 Å². The molecular formula is C12H13NS. The molecule has 0 saturated carbocycles. The van der Waals surface area contributed by atoms with Gasteiger partial charge in [0.25, 0.3) is 0 Å². The van der Waals surface area contributed by atoms with Crippen LogP contribution in [-0.4, -0.2) is 0 Å². The summed E-state index contributed by atoms with van der Waals surface area (Å²) in [5.41, 5.74) is 8.21. The van der Waals surface area contributed by atoms with Gasteiger partial charge < -0.3 is 5.73 Å². The number of hydrogen-bond donors (Lipinski definition) is 2. The topological polar surface area (TPSA) is 26.0 Å². The SMILES string of the molecule is NCc1c(CS)ccc2ccccc12. The zero-order valence-corrected chi connectivity index (χ0v) is 8.80. The summed E-state index contributed by atoms with van der Waals surface area (Å²) in [5.74, 6) is 0.747. The van der Waals surface area contributed by atoms with Crippen molar-refractivity contribution in [3.63, 3.8) is 0 Å². The lowest BCUT2D eigenvalue weighted by molar-refractivity contribution is 1.06. The van der Waals surface area contributed by atoms with Crippen molar-refractivity contribution in [1.29, 1.82) is 0 Å². The normalized spacial score (nSPS) is 10.7. The van der Waals surface area contributed by atoms with Gasteiger partial charge in [0.15, 0.2) is 0 Å². The lowest BCUT2D eigenvalue weighted by atomic mass is 10.00. The van der Waals surface area contributed by atoms with Crippen molar-refractivity contribution < 1.29 is 0 Å². The van der Waals surface area contributed by atoms with Gasteiger partial charge in [0.05, 0.1) is 0 Å². The van der Waals surface area contributed by atoms with E-state index in [4.69, 9.17) is 5.73 Å². The summed E-state index contributed by atoms with van der Waals surface area (Å²) in [6, 6.07) is 12.5. The molecule has 72 valence electrons. The van der Waals surface area contributed by atoms with E-state index in [1.807, 2.05) is 12.1 Å². The maximum Gasteiger partial charge on any atom is 0.0187 e. The molecule has 0 heterocycles. The predicted molar refractivity (Wildman–Crippen MR) is 64.5 cm³/mol. The molecule has 0 spiro atoms. The van der Waals surface area contributed by atoms with Crippen LogP contribution in [-0.2, 0) is 12.3 Å². The van der Waals surface area contributed by atoms with Crippen molar-refractivity contribution in [3.8, 4) is 0 Å². The predicted octanol–water partition coefficient (Wildman–Crippen LogP) is 2.73. The van der Waals surface area contributed by atoms with Crippen molar-refractivity contribution in [3.05, 3.63) is 47.5 Å². The Bertz CT molecular complexity index is 451. The average molecular weight is 203 g/mol. The molecule has 0 saturated heterocycles. The molecule has 0 radical (unpaired) electrons. The Labute approximate surface area is 89.3 Å². The van der Waals surface area contributed by atoms with E-state index in [0.29, 0.717) is 6.54 Å². The number of fused-ring (bicyclic) bond motifs is 1. The fourth-order valence-electron chi connectivity index (χ4n) is 1.77. The first kappa shape index (κ1) is 9.56. The zero-order valence-electron chi connectivity index (χ0n) is 7.90. The largest absolute Gasteiger partial charge is 0.326 e. The van der Waals surface area contributed by atoms with Crippen LogP contribution in [0.1, 0.15) is 11.1 Å². The van der Waals surface area contributed by atoms with Gasteiger partial charge in [-0.15, -0.1) is 0 Å². The van der Waals surface area contributed by atoms with Gasteiger partial charge in [-0.2, -0.15) is 12.6 Å². The summed E-state index contributed by atoms with van der Waals surface area (Å²) in [5, 5.41) is 2.50. The lowest BCUT2D eigenvalue weighted by Gasteiger charge is -2.09. The molecule has 0 amide bonds. The molecule has 0 aromatic heterocycles. The number of nitrogens with two attached hydrogens (primary N) is 1. The highest BCUT2D eigenvalue weighted by Gasteiger charge is 2.03. The molecule has 2 rings (SSSR count). The Kier molecular flexibility index (Phi) is 2.75. The van der Waals surface area contributed by atoms with E-state index in [1.165, 1.54) is 21.9 Å². The van der Waals surface area contributed by atoms with Gasteiger partial charge >= 0.3 is 0 Å². The lowest BCUT2D eigenvalue weighted by Crippen LogP contribution is -2.01. The van der Waals surface area contributed by atoms with E-state index in [-0.39, 0.29) is 0 Å². The first-order valence-corrected chi connectivity index (χ1v) is 5.30.